The molecule has 2 unspecified atom stereocenters. The third-order valence-corrected chi connectivity index (χ3v) is 7.63. The molecule has 0 saturated carbocycles. The Labute approximate surface area is 167 Å². The van der Waals surface area contributed by atoms with Crippen molar-refractivity contribution < 1.29 is 55.5 Å². The Hall–Kier alpha value is -1.28. The highest BCUT2D eigenvalue weighted by molar-refractivity contribution is 7.66. The van der Waals surface area contributed by atoms with Gasteiger partial charge in [-0.1, -0.05) is 0 Å². The molecule has 3 heterocycles. The minimum absolute atomic E-state index is 0.182. The van der Waals surface area contributed by atoms with E-state index < -0.39 is 48.6 Å². The van der Waals surface area contributed by atoms with Gasteiger partial charge >= 0.3 is 23.5 Å². The van der Waals surface area contributed by atoms with Gasteiger partial charge in [-0.15, -0.1) is 0 Å². The molecule has 1 fully saturated rings. The lowest BCUT2D eigenvalue weighted by molar-refractivity contribution is -0.0315. The van der Waals surface area contributed by atoms with Crippen molar-refractivity contribution in [3.05, 3.63) is 18.6 Å². The maximum Gasteiger partial charge on any atom is 0.490 e. The maximum absolute atomic E-state index is 14.3. The van der Waals surface area contributed by atoms with Gasteiger partial charge in [-0.25, -0.2) is 28.1 Å². The Morgan fingerprint density at radius 3 is 2.57 bits per heavy atom. The van der Waals surface area contributed by atoms with Crippen LogP contribution in [-0.4, -0.2) is 53.0 Å². The number of phosphoric ester groups is 1. The predicted octanol–water partition coefficient (Wildman–Crippen LogP) is 0.982. The fourth-order valence-electron chi connectivity index (χ4n) is 2.70. The number of aromatic nitrogens is 3. The van der Waals surface area contributed by atoms with Crippen LogP contribution in [0.4, 0.5) is 10.2 Å². The predicted molar refractivity (Wildman–Crippen MR) is 95.2 cm³/mol. The Morgan fingerprint density at radius 2 is 1.90 bits per heavy atom. The molecule has 0 aliphatic carbocycles. The smallest absolute Gasteiger partial charge is 0.383 e. The van der Waals surface area contributed by atoms with Crippen molar-refractivity contribution in [1.29, 1.82) is 0 Å². The van der Waals surface area contributed by atoms with E-state index in [9.17, 15) is 23.0 Å². The zero-order valence-electron chi connectivity index (χ0n) is 14.7. The van der Waals surface area contributed by atoms with E-state index in [0.717, 1.165) is 0 Å². The summed E-state index contributed by atoms with van der Waals surface area (Å²) in [5.41, 5.74) is 6.10. The number of ether oxygens (including phenoxy) is 1. The molecule has 1 aliphatic rings. The minimum Gasteiger partial charge on any atom is -0.383 e. The van der Waals surface area contributed by atoms with Crippen LogP contribution < -0.4 is 5.73 Å². The number of nitrogens with two attached hydrogens (primary N) is 1. The third-order valence-electron chi connectivity index (χ3n) is 3.83. The van der Waals surface area contributed by atoms with Crippen LogP contribution in [0.2, 0.25) is 0 Å². The molecule has 19 heteroatoms. The van der Waals surface area contributed by atoms with Crippen molar-refractivity contribution in [1.82, 2.24) is 14.5 Å². The maximum atomic E-state index is 14.3. The van der Waals surface area contributed by atoms with Crippen molar-refractivity contribution in [2.45, 2.75) is 24.9 Å². The number of rotatable bonds is 8. The van der Waals surface area contributed by atoms with Crippen molar-refractivity contribution in [3.63, 3.8) is 0 Å². The van der Waals surface area contributed by atoms with Crippen molar-refractivity contribution in [2.75, 3.05) is 12.3 Å². The second-order valence-electron chi connectivity index (χ2n) is 5.99. The highest BCUT2D eigenvalue weighted by atomic mass is 31.3. The van der Waals surface area contributed by atoms with Gasteiger partial charge in [0.05, 0.1) is 12.0 Å². The summed E-state index contributed by atoms with van der Waals surface area (Å²) in [6.07, 6.45) is -1.35. The molecule has 0 spiro atoms. The van der Waals surface area contributed by atoms with Gasteiger partial charge in [-0.05, 0) is 6.07 Å². The molecule has 0 amide bonds. The highest BCUT2D eigenvalue weighted by Gasteiger charge is 2.43. The molecule has 15 nitrogen and oxygen atoms in total. The summed E-state index contributed by atoms with van der Waals surface area (Å²) in [6, 6.07) is 1.60. The van der Waals surface area contributed by atoms with Gasteiger partial charge in [0.1, 0.15) is 36.3 Å². The average molecular weight is 492 g/mol. The summed E-state index contributed by atoms with van der Waals surface area (Å²) >= 11 is 0. The fraction of sp³-hybridized carbons (Fsp3) is 0.455. The Morgan fingerprint density at radius 1 is 1.20 bits per heavy atom. The summed E-state index contributed by atoms with van der Waals surface area (Å²) in [5.74, 6) is 0.206. The van der Waals surface area contributed by atoms with Gasteiger partial charge in [0, 0.05) is 12.6 Å². The summed E-state index contributed by atoms with van der Waals surface area (Å²) < 4.78 is 66.4. The number of anilines is 1. The van der Waals surface area contributed by atoms with Crippen LogP contribution in [0.15, 0.2) is 18.6 Å². The van der Waals surface area contributed by atoms with Crippen LogP contribution in [0.5, 0.6) is 0 Å². The lowest BCUT2D eigenvalue weighted by atomic mass is 10.2. The molecule has 2 aromatic rings. The van der Waals surface area contributed by atoms with E-state index in [0.29, 0.717) is 11.0 Å². The number of nitrogens with zero attached hydrogens (tertiary/aromatic N) is 3. The first-order valence-electron chi connectivity index (χ1n) is 7.91. The first kappa shape index (κ1) is 23.4. The quantitative estimate of drug-likeness (QED) is 0.324. The molecule has 3 rings (SSSR count). The average Bonchev–Trinajstić information content (AvgIpc) is 3.14. The zero-order chi connectivity index (χ0) is 22.3. The molecule has 1 aliphatic heterocycles. The Kier molecular flexibility index (Phi) is 6.50. The molecule has 0 aromatic carbocycles. The van der Waals surface area contributed by atoms with Crippen LogP contribution in [-0.2, 0) is 31.6 Å². The summed E-state index contributed by atoms with van der Waals surface area (Å²) in [7, 11) is -16.6. The number of nitrogen functional groups attached to an aromatic ring is 1. The number of alkyl halides is 1. The Balaban J connectivity index is 1.64. The van der Waals surface area contributed by atoms with Gasteiger partial charge < -0.3 is 34.6 Å². The van der Waals surface area contributed by atoms with E-state index in [2.05, 4.69) is 23.1 Å². The first-order chi connectivity index (χ1) is 13.8. The first-order valence-corrected chi connectivity index (χ1v) is 12.4. The molecule has 30 heavy (non-hydrogen) atoms. The topological polar surface area (TPSA) is 226 Å². The van der Waals surface area contributed by atoms with Crippen LogP contribution in [0, 0.1) is 0 Å². The number of hydrogen-bond acceptors (Lipinski definition) is 10. The summed E-state index contributed by atoms with van der Waals surface area (Å²) in [6.45, 7) is -0.891. The van der Waals surface area contributed by atoms with E-state index in [4.69, 9.17) is 25.2 Å². The fourth-order valence-corrected chi connectivity index (χ4v) is 5.73. The van der Waals surface area contributed by atoms with E-state index in [1.54, 1.807) is 6.07 Å². The van der Waals surface area contributed by atoms with E-state index in [-0.39, 0.29) is 12.2 Å². The van der Waals surface area contributed by atoms with Crippen molar-refractivity contribution >= 4 is 40.3 Å². The van der Waals surface area contributed by atoms with Gasteiger partial charge in [0.25, 0.3) is 0 Å². The zero-order valence-corrected chi connectivity index (χ0v) is 17.3. The lowest BCUT2D eigenvalue weighted by Gasteiger charge is -2.19. The second-order valence-corrected chi connectivity index (χ2v) is 10.4. The summed E-state index contributed by atoms with van der Waals surface area (Å²) in [4.78, 5) is 43.4. The van der Waals surface area contributed by atoms with Gasteiger partial charge in [-0.3, -0.25) is 4.52 Å². The second kappa shape index (κ2) is 8.34. The molecule has 1 saturated heterocycles. The SMILES string of the molecule is Nc1ncnc2c1ccn2[C@H]1C[C@H](F)[C@@H](COP(=O)(O)OP(=O)(O)OP(=O)(O)O)O1. The van der Waals surface area contributed by atoms with Gasteiger partial charge in [-0.2, -0.15) is 8.62 Å². The summed E-state index contributed by atoms with van der Waals surface area (Å²) in [5, 5.41) is 0.508. The number of halogens is 1. The van der Waals surface area contributed by atoms with Crippen molar-refractivity contribution in [2.24, 2.45) is 0 Å². The Bertz CT molecular complexity index is 1080. The molecule has 0 bridgehead atoms. The minimum atomic E-state index is -5.66. The van der Waals surface area contributed by atoms with E-state index in [1.807, 2.05) is 0 Å². The molecule has 5 atom stereocenters. The molecule has 0 radical (unpaired) electrons. The number of phosphoric acid groups is 3. The molecule has 2 aromatic heterocycles. The number of fused-ring (bicyclic) bond motifs is 1. The highest BCUT2D eigenvalue weighted by Crippen LogP contribution is 2.66. The van der Waals surface area contributed by atoms with Crippen molar-refractivity contribution in [3.8, 4) is 0 Å². The number of hydrogen-bond donors (Lipinski definition) is 5. The van der Waals surface area contributed by atoms with E-state index in [1.165, 1.54) is 17.1 Å². The lowest BCUT2D eigenvalue weighted by Crippen LogP contribution is -2.23. The van der Waals surface area contributed by atoms with Gasteiger partial charge in [0.15, 0.2) is 0 Å². The van der Waals surface area contributed by atoms with Crippen LogP contribution >= 0.6 is 23.5 Å². The van der Waals surface area contributed by atoms with E-state index >= 15 is 0 Å². The standard InChI is InChI=1S/C11H16FN4O11P3/c12-7-3-9(16-2-1-6-10(13)14-5-15-11(6)16)25-8(7)4-24-29(20,21)27-30(22,23)26-28(17,18)19/h1-2,5,7-9H,3-4H2,(H,20,21)(H,22,23)(H2,13,14,15)(H2,17,18,19)/t7-,8+,9+/m0/s1. The van der Waals surface area contributed by atoms with Crippen LogP contribution in [0.25, 0.3) is 11.0 Å². The molecule has 168 valence electrons. The third kappa shape index (κ3) is 5.69. The molecule has 6 N–H and O–H groups in total. The van der Waals surface area contributed by atoms with Gasteiger partial charge in [0.2, 0.25) is 0 Å². The normalized spacial score (nSPS) is 26.5. The van der Waals surface area contributed by atoms with Crippen LogP contribution in [0.3, 0.4) is 0 Å². The monoisotopic (exact) mass is 492 g/mol. The molecular formula is C11H16FN4O11P3. The largest absolute Gasteiger partial charge is 0.490 e. The molecular weight excluding hydrogens is 476 g/mol. The van der Waals surface area contributed by atoms with Crippen LogP contribution in [0.1, 0.15) is 12.6 Å².